The van der Waals surface area contributed by atoms with Crippen LogP contribution in [0, 0.1) is 0 Å². The molecule has 27 heavy (non-hydrogen) atoms. The van der Waals surface area contributed by atoms with Crippen LogP contribution in [-0.4, -0.2) is 15.5 Å². The zero-order chi connectivity index (χ0) is 18.6. The molecule has 4 rings (SSSR count). The molecule has 5 heteroatoms. The van der Waals surface area contributed by atoms with Gasteiger partial charge in [0.15, 0.2) is 0 Å². The first kappa shape index (κ1) is 17.3. The maximum atomic E-state index is 12.7. The van der Waals surface area contributed by atoms with E-state index in [0.29, 0.717) is 12.2 Å². The number of ether oxygens (including phenoxy) is 1. The summed E-state index contributed by atoms with van der Waals surface area (Å²) in [5, 5.41) is 3.18. The Kier molecular flexibility index (Phi) is 4.92. The SMILES string of the molecule is Cn1ccnc1COc1ccc(C(=O)N[C@H]2CCCc3ccccc32)cc1. The first-order valence-electron chi connectivity index (χ1n) is 9.28. The lowest BCUT2D eigenvalue weighted by Gasteiger charge is -2.26. The monoisotopic (exact) mass is 361 g/mol. The van der Waals surface area contributed by atoms with Crippen molar-refractivity contribution in [2.24, 2.45) is 7.05 Å². The smallest absolute Gasteiger partial charge is 0.251 e. The molecule has 1 aliphatic carbocycles. The molecule has 5 nitrogen and oxygen atoms in total. The fourth-order valence-electron chi connectivity index (χ4n) is 3.53. The van der Waals surface area contributed by atoms with E-state index in [-0.39, 0.29) is 11.9 Å². The van der Waals surface area contributed by atoms with Crippen LogP contribution in [-0.2, 0) is 20.1 Å². The van der Waals surface area contributed by atoms with Gasteiger partial charge in [-0.1, -0.05) is 24.3 Å². The van der Waals surface area contributed by atoms with Crippen molar-refractivity contribution in [2.75, 3.05) is 0 Å². The van der Waals surface area contributed by atoms with Gasteiger partial charge in [-0.05, 0) is 54.7 Å². The Morgan fingerprint density at radius 3 is 2.81 bits per heavy atom. The van der Waals surface area contributed by atoms with Crippen LogP contribution in [0.1, 0.15) is 46.2 Å². The molecule has 3 aromatic rings. The van der Waals surface area contributed by atoms with Gasteiger partial charge >= 0.3 is 0 Å². The normalized spacial score (nSPS) is 15.8. The van der Waals surface area contributed by atoms with E-state index in [1.807, 2.05) is 36.0 Å². The van der Waals surface area contributed by atoms with E-state index in [4.69, 9.17) is 4.74 Å². The fraction of sp³-hybridized carbons (Fsp3) is 0.273. The van der Waals surface area contributed by atoms with Gasteiger partial charge in [0, 0.05) is 25.0 Å². The molecule has 138 valence electrons. The molecule has 1 N–H and O–H groups in total. The molecule has 1 aromatic heterocycles. The summed E-state index contributed by atoms with van der Waals surface area (Å²) in [7, 11) is 1.93. The number of nitrogens with zero attached hydrogens (tertiary/aromatic N) is 2. The number of amides is 1. The lowest BCUT2D eigenvalue weighted by molar-refractivity contribution is 0.0932. The van der Waals surface area contributed by atoms with Gasteiger partial charge < -0.3 is 14.6 Å². The zero-order valence-electron chi connectivity index (χ0n) is 15.4. The zero-order valence-corrected chi connectivity index (χ0v) is 15.4. The molecular weight excluding hydrogens is 338 g/mol. The molecule has 0 bridgehead atoms. The molecule has 2 aromatic carbocycles. The molecule has 0 saturated carbocycles. The molecule has 0 fully saturated rings. The second-order valence-corrected chi connectivity index (χ2v) is 6.88. The molecular formula is C22H23N3O2. The molecule has 0 unspecified atom stereocenters. The highest BCUT2D eigenvalue weighted by molar-refractivity contribution is 5.94. The molecule has 1 atom stereocenters. The van der Waals surface area contributed by atoms with Crippen molar-refractivity contribution in [3.05, 3.63) is 83.4 Å². The molecule has 1 aliphatic rings. The van der Waals surface area contributed by atoms with Gasteiger partial charge in [-0.15, -0.1) is 0 Å². The van der Waals surface area contributed by atoms with E-state index in [2.05, 4.69) is 28.5 Å². The standard InChI is InChI=1S/C22H23N3O2/c1-25-14-13-23-21(25)15-27-18-11-9-17(10-12-18)22(26)24-20-8-4-6-16-5-2-3-7-19(16)20/h2-3,5,7,9-14,20H,4,6,8,15H2,1H3,(H,24,26)/t20-/m0/s1. The molecule has 1 heterocycles. The van der Waals surface area contributed by atoms with Crippen LogP contribution in [0.4, 0.5) is 0 Å². The van der Waals surface area contributed by atoms with Gasteiger partial charge in [0.05, 0.1) is 6.04 Å². The summed E-state index contributed by atoms with van der Waals surface area (Å²) in [5.74, 6) is 1.53. The van der Waals surface area contributed by atoms with Gasteiger partial charge in [-0.25, -0.2) is 4.98 Å². The molecule has 0 aliphatic heterocycles. The van der Waals surface area contributed by atoms with Crippen LogP contribution in [0.3, 0.4) is 0 Å². The third-order valence-corrected chi connectivity index (χ3v) is 5.08. The first-order valence-corrected chi connectivity index (χ1v) is 9.28. The van der Waals surface area contributed by atoms with E-state index in [1.54, 1.807) is 18.3 Å². The van der Waals surface area contributed by atoms with E-state index in [9.17, 15) is 4.79 Å². The van der Waals surface area contributed by atoms with Crippen LogP contribution in [0.2, 0.25) is 0 Å². The van der Waals surface area contributed by atoms with Gasteiger partial charge in [0.2, 0.25) is 0 Å². The summed E-state index contributed by atoms with van der Waals surface area (Å²) in [6, 6.07) is 15.7. The summed E-state index contributed by atoms with van der Waals surface area (Å²) in [6.07, 6.45) is 6.80. The van der Waals surface area contributed by atoms with Gasteiger partial charge in [0.1, 0.15) is 18.2 Å². The third-order valence-electron chi connectivity index (χ3n) is 5.08. The van der Waals surface area contributed by atoms with E-state index < -0.39 is 0 Å². The molecule has 0 radical (unpaired) electrons. The number of aromatic nitrogens is 2. The number of carbonyl (C=O) groups excluding carboxylic acids is 1. The minimum absolute atomic E-state index is 0.0487. The quantitative estimate of drug-likeness (QED) is 0.752. The second-order valence-electron chi connectivity index (χ2n) is 6.88. The van der Waals surface area contributed by atoms with Crippen LogP contribution in [0.15, 0.2) is 60.9 Å². The van der Waals surface area contributed by atoms with Crippen molar-refractivity contribution in [2.45, 2.75) is 31.9 Å². The first-order chi connectivity index (χ1) is 13.2. The van der Waals surface area contributed by atoms with E-state index in [0.717, 1.165) is 30.8 Å². The van der Waals surface area contributed by atoms with Crippen LogP contribution >= 0.6 is 0 Å². The number of aryl methyl sites for hydroxylation is 2. The number of imidazole rings is 1. The number of carbonyl (C=O) groups is 1. The summed E-state index contributed by atoms with van der Waals surface area (Å²) in [6.45, 7) is 0.397. The third kappa shape index (κ3) is 3.87. The summed E-state index contributed by atoms with van der Waals surface area (Å²) in [4.78, 5) is 16.9. The predicted octanol–water partition coefficient (Wildman–Crippen LogP) is 3.81. The maximum absolute atomic E-state index is 12.7. The number of benzene rings is 2. The minimum atomic E-state index is -0.0487. The highest BCUT2D eigenvalue weighted by Crippen LogP contribution is 2.29. The van der Waals surface area contributed by atoms with Crippen molar-refractivity contribution < 1.29 is 9.53 Å². The average Bonchev–Trinajstić information content (AvgIpc) is 3.12. The molecule has 0 spiro atoms. The Morgan fingerprint density at radius 2 is 2.04 bits per heavy atom. The highest BCUT2D eigenvalue weighted by atomic mass is 16.5. The van der Waals surface area contributed by atoms with E-state index in [1.165, 1.54) is 11.1 Å². The fourth-order valence-corrected chi connectivity index (χ4v) is 3.53. The van der Waals surface area contributed by atoms with Crippen molar-refractivity contribution in [3.8, 4) is 5.75 Å². The van der Waals surface area contributed by atoms with Gasteiger partial charge in [-0.2, -0.15) is 0 Å². The van der Waals surface area contributed by atoms with E-state index >= 15 is 0 Å². The Bertz CT molecular complexity index is 931. The predicted molar refractivity (Wildman–Crippen MR) is 104 cm³/mol. The van der Waals surface area contributed by atoms with Crippen LogP contribution < -0.4 is 10.1 Å². The second kappa shape index (κ2) is 7.66. The number of hydrogen-bond donors (Lipinski definition) is 1. The van der Waals surface area contributed by atoms with Crippen LogP contribution in [0.5, 0.6) is 5.75 Å². The summed E-state index contributed by atoms with van der Waals surface area (Å²) >= 11 is 0. The molecule has 0 saturated heterocycles. The number of fused-ring (bicyclic) bond motifs is 1. The Morgan fingerprint density at radius 1 is 1.22 bits per heavy atom. The Balaban J connectivity index is 1.39. The highest BCUT2D eigenvalue weighted by Gasteiger charge is 2.21. The number of nitrogens with one attached hydrogen (secondary N) is 1. The number of rotatable bonds is 5. The Hall–Kier alpha value is -3.08. The minimum Gasteiger partial charge on any atom is -0.486 e. The summed E-state index contributed by atoms with van der Waals surface area (Å²) < 4.78 is 7.67. The van der Waals surface area contributed by atoms with Crippen molar-refractivity contribution >= 4 is 5.91 Å². The summed E-state index contributed by atoms with van der Waals surface area (Å²) in [5.41, 5.74) is 3.22. The van der Waals surface area contributed by atoms with Gasteiger partial charge in [0.25, 0.3) is 5.91 Å². The van der Waals surface area contributed by atoms with Crippen molar-refractivity contribution in [1.29, 1.82) is 0 Å². The largest absolute Gasteiger partial charge is 0.486 e. The van der Waals surface area contributed by atoms with Crippen molar-refractivity contribution in [1.82, 2.24) is 14.9 Å². The van der Waals surface area contributed by atoms with Gasteiger partial charge in [-0.3, -0.25) is 4.79 Å². The number of hydrogen-bond acceptors (Lipinski definition) is 3. The van der Waals surface area contributed by atoms with Crippen molar-refractivity contribution in [3.63, 3.8) is 0 Å². The molecule has 1 amide bonds. The lowest BCUT2D eigenvalue weighted by Crippen LogP contribution is -2.30. The topological polar surface area (TPSA) is 56.2 Å². The lowest BCUT2D eigenvalue weighted by atomic mass is 9.87. The maximum Gasteiger partial charge on any atom is 0.251 e. The van der Waals surface area contributed by atoms with Crippen LogP contribution in [0.25, 0.3) is 0 Å². The average molecular weight is 361 g/mol. The Labute approximate surface area is 159 Å².